The van der Waals surface area contributed by atoms with Gasteiger partial charge in [-0.15, -0.1) is 0 Å². The molecule has 0 aliphatic carbocycles. The van der Waals surface area contributed by atoms with E-state index in [4.69, 9.17) is 19.5 Å². The number of nitrogens with one attached hydrogen (secondary N) is 1. The number of guanidine groups is 1. The zero-order valence-corrected chi connectivity index (χ0v) is 28.1. The van der Waals surface area contributed by atoms with E-state index in [1.807, 2.05) is 42.5 Å². The fraction of sp³-hybridized carbons (Fsp3) is 0.429. The van der Waals surface area contributed by atoms with Crippen molar-refractivity contribution in [2.45, 2.75) is 53.4 Å². The first kappa shape index (κ1) is 33.2. The van der Waals surface area contributed by atoms with Crippen LogP contribution >= 0.6 is 11.3 Å². The minimum Gasteiger partial charge on any atom is -0.462 e. The maximum Gasteiger partial charge on any atom is 0.342 e. The molecule has 5 rings (SSSR count). The first-order chi connectivity index (χ1) is 22.4. The summed E-state index contributed by atoms with van der Waals surface area (Å²) in [5, 5.41) is 4.14. The number of para-hydroxylation sites is 1. The third-order valence-corrected chi connectivity index (χ3v) is 8.83. The Hall–Kier alpha value is -4.22. The van der Waals surface area contributed by atoms with Gasteiger partial charge in [-0.2, -0.15) is 0 Å². The van der Waals surface area contributed by atoms with E-state index in [1.54, 1.807) is 11.5 Å². The quantitative estimate of drug-likeness (QED) is 0.102. The van der Waals surface area contributed by atoms with E-state index in [-0.39, 0.29) is 23.1 Å². The molecule has 1 saturated heterocycles. The predicted molar refractivity (Wildman–Crippen MR) is 187 cm³/mol. The Morgan fingerprint density at radius 3 is 2.33 bits per heavy atom. The van der Waals surface area contributed by atoms with Gasteiger partial charge >= 0.3 is 5.97 Å². The number of anilines is 2. The number of esters is 1. The number of hydrogen-bond donors (Lipinski definition) is 1. The first-order valence-corrected chi connectivity index (χ1v) is 17.1. The molecular formula is C35H44N6O4S. The molecule has 0 unspecified atom stereocenters. The highest BCUT2D eigenvalue weighted by molar-refractivity contribution is 7.22. The van der Waals surface area contributed by atoms with Crippen LogP contribution in [-0.2, 0) is 9.47 Å². The summed E-state index contributed by atoms with van der Waals surface area (Å²) in [4.78, 5) is 43.2. The normalized spacial score (nSPS) is 13.7. The molecule has 2 aromatic heterocycles. The summed E-state index contributed by atoms with van der Waals surface area (Å²) in [5.74, 6) is 0.554. The van der Waals surface area contributed by atoms with Crippen LogP contribution in [0.3, 0.4) is 0 Å². The van der Waals surface area contributed by atoms with Crippen LogP contribution in [0.2, 0.25) is 0 Å². The lowest BCUT2D eigenvalue weighted by molar-refractivity contribution is 0.0530. The number of ether oxygens (including phenoxy) is 2. The number of fused-ring (bicyclic) bond motifs is 1. The topological polar surface area (TPSA) is 101 Å². The molecule has 1 aliphatic heterocycles. The van der Waals surface area contributed by atoms with E-state index in [2.05, 4.69) is 48.0 Å². The molecule has 0 spiro atoms. The third kappa shape index (κ3) is 7.59. The second kappa shape index (κ2) is 15.9. The fourth-order valence-corrected chi connectivity index (χ4v) is 6.37. The monoisotopic (exact) mass is 644 g/mol. The Morgan fingerprint density at radius 2 is 1.70 bits per heavy atom. The summed E-state index contributed by atoms with van der Waals surface area (Å²) in [5.41, 5.74) is 2.53. The lowest BCUT2D eigenvalue weighted by Gasteiger charge is -2.29. The van der Waals surface area contributed by atoms with Crippen LogP contribution in [0.15, 0.2) is 64.4 Å². The minimum atomic E-state index is -0.589. The van der Waals surface area contributed by atoms with Gasteiger partial charge in [0.2, 0.25) is 11.9 Å². The van der Waals surface area contributed by atoms with Gasteiger partial charge in [0, 0.05) is 31.9 Å². The Morgan fingerprint density at radius 1 is 1.02 bits per heavy atom. The van der Waals surface area contributed by atoms with Gasteiger partial charge in [0.1, 0.15) is 15.4 Å². The van der Waals surface area contributed by atoms with Crippen molar-refractivity contribution in [2.75, 3.05) is 56.2 Å². The molecular weight excluding hydrogens is 600 g/mol. The fourth-order valence-electron chi connectivity index (χ4n) is 5.35. The van der Waals surface area contributed by atoms with Crippen LogP contribution in [0.25, 0.3) is 15.9 Å². The molecule has 10 nitrogen and oxygen atoms in total. The molecule has 0 saturated carbocycles. The van der Waals surface area contributed by atoms with E-state index in [9.17, 15) is 9.59 Å². The van der Waals surface area contributed by atoms with Crippen LogP contribution in [-0.4, -0.2) is 72.4 Å². The largest absolute Gasteiger partial charge is 0.462 e. The van der Waals surface area contributed by atoms with E-state index < -0.39 is 5.97 Å². The zero-order chi connectivity index (χ0) is 32.5. The summed E-state index contributed by atoms with van der Waals surface area (Å²) in [7, 11) is 0. The van der Waals surface area contributed by atoms with Crippen LogP contribution in [0.4, 0.5) is 16.6 Å². The van der Waals surface area contributed by atoms with Gasteiger partial charge in [-0.05, 0) is 51.0 Å². The molecule has 2 aromatic carbocycles. The van der Waals surface area contributed by atoms with E-state index in [0.717, 1.165) is 50.0 Å². The summed E-state index contributed by atoms with van der Waals surface area (Å²) < 4.78 is 12.7. The number of thiophene rings is 1. The molecule has 1 fully saturated rings. The molecule has 0 atom stereocenters. The Labute approximate surface area is 274 Å². The Kier molecular flexibility index (Phi) is 11.4. The predicted octanol–water partition coefficient (Wildman–Crippen LogP) is 6.77. The molecule has 0 radical (unpaired) electrons. The molecule has 1 aliphatic rings. The van der Waals surface area contributed by atoms with Crippen LogP contribution in [0, 0.1) is 6.92 Å². The van der Waals surface area contributed by atoms with Crippen molar-refractivity contribution in [1.29, 1.82) is 0 Å². The number of unbranched alkanes of at least 4 members (excludes halogenated alkanes) is 2. The molecule has 244 valence electrons. The lowest BCUT2D eigenvalue weighted by atomic mass is 10.2. The molecule has 46 heavy (non-hydrogen) atoms. The van der Waals surface area contributed by atoms with Gasteiger partial charge in [-0.1, -0.05) is 73.9 Å². The number of rotatable bonds is 12. The minimum absolute atomic E-state index is 0.145. The van der Waals surface area contributed by atoms with Crippen molar-refractivity contribution in [3.63, 3.8) is 0 Å². The standard InChI is InChI=1S/C35H44N6O4S/c1-5-8-19-39(20-9-6-2)34(36-26-17-15-25(4)16-18-26)37-31-29(33(43)45-7-3)28-30(46-31)38-35(40-21-23-44-24-22-40)41(32(28)42)27-13-11-10-12-14-27/h10-18H,5-9,19-24H2,1-4H3,(H,36,37). The van der Waals surface area contributed by atoms with Crippen molar-refractivity contribution in [2.24, 2.45) is 4.99 Å². The molecule has 11 heteroatoms. The van der Waals surface area contributed by atoms with E-state index >= 15 is 0 Å². The van der Waals surface area contributed by atoms with Crippen molar-refractivity contribution in [3.05, 3.63) is 76.1 Å². The van der Waals surface area contributed by atoms with Crippen molar-refractivity contribution < 1.29 is 14.3 Å². The summed E-state index contributed by atoms with van der Waals surface area (Å²) in [6, 6.07) is 17.6. The van der Waals surface area contributed by atoms with Gasteiger partial charge in [-0.3, -0.25) is 4.79 Å². The number of morpholine rings is 1. The second-order valence-corrected chi connectivity index (χ2v) is 12.3. The lowest BCUT2D eigenvalue weighted by Crippen LogP contribution is -2.40. The number of benzene rings is 2. The maximum absolute atomic E-state index is 14.5. The Balaban J connectivity index is 1.75. The number of hydrogen-bond acceptors (Lipinski definition) is 8. The second-order valence-electron chi connectivity index (χ2n) is 11.3. The van der Waals surface area contributed by atoms with Gasteiger partial charge in [0.05, 0.1) is 30.9 Å². The van der Waals surface area contributed by atoms with Gasteiger partial charge < -0.3 is 24.6 Å². The van der Waals surface area contributed by atoms with Crippen molar-refractivity contribution >= 4 is 50.1 Å². The third-order valence-electron chi connectivity index (χ3n) is 7.86. The average molecular weight is 645 g/mol. The van der Waals surface area contributed by atoms with E-state index in [1.165, 1.54) is 11.3 Å². The zero-order valence-electron chi connectivity index (χ0n) is 27.3. The van der Waals surface area contributed by atoms with Crippen LogP contribution < -0.4 is 15.8 Å². The number of nitrogens with zero attached hydrogens (tertiary/aromatic N) is 5. The van der Waals surface area contributed by atoms with Crippen molar-refractivity contribution in [3.8, 4) is 5.69 Å². The highest BCUT2D eigenvalue weighted by Gasteiger charge is 2.29. The van der Waals surface area contributed by atoms with Gasteiger partial charge in [0.25, 0.3) is 5.56 Å². The smallest absolute Gasteiger partial charge is 0.342 e. The number of aliphatic imine (C=N–C) groups is 1. The molecule has 0 amide bonds. The highest BCUT2D eigenvalue weighted by Crippen LogP contribution is 2.38. The van der Waals surface area contributed by atoms with Crippen LogP contribution in [0.1, 0.15) is 62.4 Å². The van der Waals surface area contributed by atoms with Crippen molar-refractivity contribution in [1.82, 2.24) is 14.5 Å². The summed E-state index contributed by atoms with van der Waals surface area (Å²) in [6.07, 6.45) is 4.04. The molecule has 0 bridgehead atoms. The number of carbonyl (C=O) groups excluding carboxylic acids is 1. The number of carbonyl (C=O) groups is 1. The summed E-state index contributed by atoms with van der Waals surface area (Å²) in [6.45, 7) is 12.2. The molecule has 1 N–H and O–H groups in total. The van der Waals surface area contributed by atoms with Crippen LogP contribution in [0.5, 0.6) is 0 Å². The number of aryl methyl sites for hydroxylation is 1. The van der Waals surface area contributed by atoms with Gasteiger partial charge in [-0.25, -0.2) is 19.3 Å². The van der Waals surface area contributed by atoms with E-state index in [0.29, 0.717) is 53.7 Å². The summed E-state index contributed by atoms with van der Waals surface area (Å²) >= 11 is 1.24. The highest BCUT2D eigenvalue weighted by atomic mass is 32.1. The van der Waals surface area contributed by atoms with Gasteiger partial charge in [0.15, 0.2) is 0 Å². The molecule has 4 aromatic rings. The average Bonchev–Trinajstić information content (AvgIpc) is 3.45. The SMILES string of the molecule is CCCCN(CCCC)/C(=N\c1sc2nc(N3CCOCC3)n(-c3ccccc3)c(=O)c2c1C(=O)OCC)Nc1ccc(C)cc1. The first-order valence-electron chi connectivity index (χ1n) is 16.3. The Bertz CT molecular complexity index is 1690. The number of aromatic nitrogens is 2. The maximum atomic E-state index is 14.5. The molecule has 3 heterocycles.